The number of carbonyl (C=O) groups is 2. The van der Waals surface area contributed by atoms with Crippen molar-refractivity contribution in [3.63, 3.8) is 0 Å². The lowest BCUT2D eigenvalue weighted by atomic mass is 9.99. The summed E-state index contributed by atoms with van der Waals surface area (Å²) in [5, 5.41) is 10.6. The summed E-state index contributed by atoms with van der Waals surface area (Å²) in [5.74, 6) is -1.72. The molecule has 2 amide bonds. The Morgan fingerprint density at radius 2 is 1.91 bits per heavy atom. The van der Waals surface area contributed by atoms with Crippen LogP contribution in [0.4, 0.5) is 24.5 Å². The van der Waals surface area contributed by atoms with Crippen molar-refractivity contribution in [2.45, 2.75) is 25.9 Å². The second kappa shape index (κ2) is 8.43. The molecule has 33 heavy (non-hydrogen) atoms. The summed E-state index contributed by atoms with van der Waals surface area (Å²) < 4.78 is 38.3. The number of pyridine rings is 1. The first-order chi connectivity index (χ1) is 15.6. The number of aryl methyl sites for hydroxylation is 1. The molecule has 7 nitrogen and oxygen atoms in total. The van der Waals surface area contributed by atoms with Gasteiger partial charge in [-0.3, -0.25) is 9.59 Å². The Bertz CT molecular complexity index is 1250. The number of amides is 2. The first-order valence-corrected chi connectivity index (χ1v) is 10.2. The molecule has 4 rings (SSSR count). The smallest absolute Gasteiger partial charge is 0.325 e. The Hall–Kier alpha value is -3.53. The molecular formula is C22H17ClF3N5O2. The summed E-state index contributed by atoms with van der Waals surface area (Å²) >= 11 is 6.44. The molecule has 3 heterocycles. The van der Waals surface area contributed by atoms with Gasteiger partial charge in [-0.1, -0.05) is 11.6 Å². The van der Waals surface area contributed by atoms with Crippen molar-refractivity contribution >= 4 is 34.8 Å². The van der Waals surface area contributed by atoms with E-state index < -0.39 is 36.0 Å². The topological polar surface area (TPSA) is 88.1 Å². The third-order valence-corrected chi connectivity index (χ3v) is 5.51. The van der Waals surface area contributed by atoms with Gasteiger partial charge >= 0.3 is 6.18 Å². The molecule has 3 aromatic rings. The van der Waals surface area contributed by atoms with Gasteiger partial charge in [-0.15, -0.1) is 0 Å². The number of alkyl halides is 3. The van der Waals surface area contributed by atoms with E-state index in [2.05, 4.69) is 20.5 Å². The highest BCUT2D eigenvalue weighted by molar-refractivity contribution is 6.33. The molecule has 11 heteroatoms. The maximum absolute atomic E-state index is 13.3. The largest absolute Gasteiger partial charge is 0.416 e. The molecule has 1 aliphatic rings. The minimum Gasteiger partial charge on any atom is -0.325 e. The van der Waals surface area contributed by atoms with Crippen LogP contribution in [0.25, 0.3) is 11.1 Å². The van der Waals surface area contributed by atoms with E-state index in [1.807, 2.05) is 0 Å². The van der Waals surface area contributed by atoms with Crippen LogP contribution in [-0.2, 0) is 15.8 Å². The van der Waals surface area contributed by atoms with Gasteiger partial charge in [-0.05, 0) is 50.2 Å². The number of anilines is 2. The molecule has 0 radical (unpaired) electrons. The predicted molar refractivity (Wildman–Crippen MR) is 116 cm³/mol. The summed E-state index contributed by atoms with van der Waals surface area (Å²) in [6.07, 6.45) is -3.01. The highest BCUT2D eigenvalue weighted by Crippen LogP contribution is 2.43. The Balaban J connectivity index is 1.68. The van der Waals surface area contributed by atoms with E-state index in [0.717, 1.165) is 24.3 Å². The van der Waals surface area contributed by atoms with Gasteiger partial charge in [0.15, 0.2) is 0 Å². The molecule has 0 aliphatic carbocycles. The molecule has 0 saturated heterocycles. The van der Waals surface area contributed by atoms with Crippen molar-refractivity contribution in [2.75, 3.05) is 16.8 Å². The summed E-state index contributed by atoms with van der Waals surface area (Å²) in [5.41, 5.74) is 1.71. The number of rotatable bonds is 3. The third kappa shape index (κ3) is 4.38. The summed E-state index contributed by atoms with van der Waals surface area (Å²) in [6, 6.07) is 7.37. The van der Waals surface area contributed by atoms with Crippen molar-refractivity contribution in [1.29, 1.82) is 0 Å². The van der Waals surface area contributed by atoms with Gasteiger partial charge in [0.25, 0.3) is 0 Å². The molecule has 2 aromatic heterocycles. The van der Waals surface area contributed by atoms with E-state index in [1.165, 1.54) is 11.1 Å². The molecular weight excluding hydrogens is 459 g/mol. The van der Waals surface area contributed by atoms with Crippen LogP contribution in [0.2, 0.25) is 5.15 Å². The highest BCUT2D eigenvalue weighted by atomic mass is 35.5. The fourth-order valence-corrected chi connectivity index (χ4v) is 4.01. The average molecular weight is 476 g/mol. The monoisotopic (exact) mass is 475 g/mol. The number of nitrogens with zero attached hydrogens (tertiary/aromatic N) is 4. The van der Waals surface area contributed by atoms with Crippen LogP contribution in [0.3, 0.4) is 0 Å². The van der Waals surface area contributed by atoms with Gasteiger partial charge in [-0.25, -0.2) is 4.98 Å². The van der Waals surface area contributed by atoms with Crippen molar-refractivity contribution in [3.05, 3.63) is 64.7 Å². The first kappa shape index (κ1) is 22.7. The van der Waals surface area contributed by atoms with Gasteiger partial charge in [-0.2, -0.15) is 23.4 Å². The third-order valence-electron chi connectivity index (χ3n) is 5.24. The Morgan fingerprint density at radius 3 is 2.58 bits per heavy atom. The summed E-state index contributed by atoms with van der Waals surface area (Å²) in [7, 11) is 0. The lowest BCUT2D eigenvalue weighted by Crippen LogP contribution is -2.40. The molecule has 0 fully saturated rings. The number of halogens is 4. The number of aromatic nitrogens is 3. The maximum atomic E-state index is 13.3. The van der Waals surface area contributed by atoms with Crippen LogP contribution in [0.15, 0.2) is 42.6 Å². The van der Waals surface area contributed by atoms with Gasteiger partial charge in [0.05, 0.1) is 29.1 Å². The fraction of sp³-hybridized carbons (Fsp3) is 0.227. The Morgan fingerprint density at radius 1 is 1.21 bits per heavy atom. The number of hydrogen-bond acceptors (Lipinski definition) is 5. The van der Waals surface area contributed by atoms with Crippen molar-refractivity contribution in [2.24, 2.45) is 0 Å². The highest BCUT2D eigenvalue weighted by Gasteiger charge is 2.35. The zero-order valence-corrected chi connectivity index (χ0v) is 18.2. The van der Waals surface area contributed by atoms with Crippen LogP contribution in [0.1, 0.15) is 29.8 Å². The van der Waals surface area contributed by atoms with Crippen LogP contribution in [0.5, 0.6) is 0 Å². The lowest BCUT2D eigenvalue weighted by molar-refractivity contribution is -0.137. The van der Waals surface area contributed by atoms with E-state index in [1.54, 1.807) is 26.0 Å². The molecule has 1 aromatic carbocycles. The van der Waals surface area contributed by atoms with Gasteiger partial charge in [0.1, 0.15) is 11.7 Å². The molecule has 170 valence electrons. The molecule has 0 bridgehead atoms. The lowest BCUT2D eigenvalue weighted by Gasteiger charge is -2.24. The van der Waals surface area contributed by atoms with Crippen molar-refractivity contribution in [1.82, 2.24) is 15.2 Å². The van der Waals surface area contributed by atoms with Crippen molar-refractivity contribution < 1.29 is 22.8 Å². The molecule has 1 aliphatic heterocycles. The predicted octanol–water partition coefficient (Wildman–Crippen LogP) is 4.61. The van der Waals surface area contributed by atoms with Crippen LogP contribution >= 0.6 is 11.6 Å². The second-order valence-corrected chi connectivity index (χ2v) is 7.91. The average Bonchev–Trinajstić information content (AvgIpc) is 2.83. The van der Waals surface area contributed by atoms with E-state index in [9.17, 15) is 22.8 Å². The molecule has 1 N–H and O–H groups in total. The van der Waals surface area contributed by atoms with Gasteiger partial charge in [0, 0.05) is 22.5 Å². The van der Waals surface area contributed by atoms with Gasteiger partial charge in [0.2, 0.25) is 11.8 Å². The van der Waals surface area contributed by atoms with Crippen LogP contribution < -0.4 is 10.2 Å². The quantitative estimate of drug-likeness (QED) is 0.559. The number of hydrogen-bond donors (Lipinski definition) is 1. The number of benzene rings is 1. The normalized spacial score (nSPS) is 15.5. The summed E-state index contributed by atoms with van der Waals surface area (Å²) in [6.45, 7) is 2.96. The van der Waals surface area contributed by atoms with E-state index >= 15 is 0 Å². The molecule has 0 saturated carbocycles. The molecule has 1 atom stereocenters. The SMILES string of the molecule is Cc1cc2c(c(Cl)n1)-c1ccnnc1C(C)C(=O)N2CC(=O)Nc1ccc(C(F)(F)F)cc1. The summed E-state index contributed by atoms with van der Waals surface area (Å²) in [4.78, 5) is 31.7. The maximum Gasteiger partial charge on any atom is 0.416 e. The Kier molecular flexibility index (Phi) is 5.79. The molecule has 0 spiro atoms. The van der Waals surface area contributed by atoms with Gasteiger partial charge < -0.3 is 10.2 Å². The van der Waals surface area contributed by atoms with Crippen LogP contribution in [0, 0.1) is 6.92 Å². The van der Waals surface area contributed by atoms with E-state index in [0.29, 0.717) is 28.2 Å². The van der Waals surface area contributed by atoms with E-state index in [-0.39, 0.29) is 10.8 Å². The van der Waals surface area contributed by atoms with Crippen LogP contribution in [-0.4, -0.2) is 33.5 Å². The zero-order chi connectivity index (χ0) is 23.9. The minimum atomic E-state index is -4.48. The van der Waals surface area contributed by atoms with E-state index in [4.69, 9.17) is 11.6 Å². The molecule has 1 unspecified atom stereocenters. The second-order valence-electron chi connectivity index (χ2n) is 7.55. The number of nitrogens with one attached hydrogen (secondary N) is 1. The zero-order valence-electron chi connectivity index (χ0n) is 17.4. The van der Waals surface area contributed by atoms with Crippen molar-refractivity contribution in [3.8, 4) is 11.1 Å². The Labute approximate surface area is 191 Å². The first-order valence-electron chi connectivity index (χ1n) is 9.84. The number of carbonyl (C=O) groups excluding carboxylic acids is 2. The fourth-order valence-electron chi connectivity index (χ4n) is 3.67. The standard InChI is InChI=1S/C22H17ClF3N5O2/c1-11-9-16-18(20(23)28-11)15-7-8-27-30-19(15)12(2)21(33)31(16)10-17(32)29-14-5-3-13(4-6-14)22(24,25)26/h3-9,12H,10H2,1-2H3,(H,29,32). The number of fused-ring (bicyclic) bond motifs is 3. The minimum absolute atomic E-state index is 0.147.